The normalized spacial score (nSPS) is 16.6. The summed E-state index contributed by atoms with van der Waals surface area (Å²) in [4.78, 5) is 26.9. The topological polar surface area (TPSA) is 118 Å². The number of amides is 2. The number of nitriles is 2. The number of rotatable bonds is 8. The highest BCUT2D eigenvalue weighted by Crippen LogP contribution is 2.21. The van der Waals surface area contributed by atoms with Crippen LogP contribution in [0.25, 0.3) is 0 Å². The van der Waals surface area contributed by atoms with E-state index in [0.29, 0.717) is 48.6 Å². The number of nitrogens with zero attached hydrogens (tertiary/aromatic N) is 3. The monoisotopic (exact) mass is 459 g/mol. The van der Waals surface area contributed by atoms with Crippen molar-refractivity contribution >= 4 is 29.3 Å². The number of halogens is 1. The van der Waals surface area contributed by atoms with Crippen molar-refractivity contribution in [2.45, 2.75) is 70.6 Å². The summed E-state index contributed by atoms with van der Waals surface area (Å²) in [6.07, 6.45) is 2.55. The maximum Gasteiger partial charge on any atom is 0.408 e. The number of unbranched alkanes of at least 4 members (excludes halogenated alkanes) is 1. The minimum absolute atomic E-state index is 0.252. The first kappa shape index (κ1) is 25.3. The van der Waals surface area contributed by atoms with Gasteiger partial charge in [0.15, 0.2) is 0 Å². The quantitative estimate of drug-likeness (QED) is 0.562. The van der Waals surface area contributed by atoms with E-state index in [1.807, 2.05) is 0 Å². The highest BCUT2D eigenvalue weighted by atomic mass is 35.5. The Morgan fingerprint density at radius 2 is 2.06 bits per heavy atom. The van der Waals surface area contributed by atoms with Crippen LogP contribution >= 0.6 is 11.6 Å². The molecule has 0 radical (unpaired) electrons. The largest absolute Gasteiger partial charge is 0.444 e. The van der Waals surface area contributed by atoms with Crippen molar-refractivity contribution in [3.8, 4) is 12.1 Å². The predicted octanol–water partition coefficient (Wildman–Crippen LogP) is 4.20. The van der Waals surface area contributed by atoms with Gasteiger partial charge in [0.05, 0.1) is 17.3 Å². The number of ether oxygens (including phenoxy) is 1. The Labute approximate surface area is 194 Å². The third-order valence-corrected chi connectivity index (χ3v) is 5.25. The van der Waals surface area contributed by atoms with E-state index in [4.69, 9.17) is 16.3 Å². The van der Waals surface area contributed by atoms with E-state index in [-0.39, 0.29) is 5.91 Å². The minimum Gasteiger partial charge on any atom is -0.444 e. The Kier molecular flexibility index (Phi) is 9.16. The second-order valence-corrected chi connectivity index (χ2v) is 9.18. The van der Waals surface area contributed by atoms with E-state index >= 15 is 0 Å². The van der Waals surface area contributed by atoms with Crippen molar-refractivity contribution in [1.29, 1.82) is 10.5 Å². The van der Waals surface area contributed by atoms with E-state index in [1.165, 1.54) is 0 Å². The van der Waals surface area contributed by atoms with E-state index in [2.05, 4.69) is 22.8 Å². The molecule has 0 aromatic heterocycles. The summed E-state index contributed by atoms with van der Waals surface area (Å²) in [5.74, 6) is -0.252. The summed E-state index contributed by atoms with van der Waals surface area (Å²) in [5, 5.41) is 24.9. The number of likely N-dealkylation sites (tertiary alicyclic amines) is 1. The summed E-state index contributed by atoms with van der Waals surface area (Å²) < 4.78 is 5.32. The first-order chi connectivity index (χ1) is 15.1. The maximum atomic E-state index is 13.1. The van der Waals surface area contributed by atoms with E-state index in [0.717, 1.165) is 12.8 Å². The SMILES string of the molecule is CC(C)(C)OC(=O)N[C@@H](CCCCNc1ccc(Cl)cc1C#N)C(=O)N1CCC[C@H]1C#N. The molecule has 0 unspecified atom stereocenters. The molecule has 2 rings (SSSR count). The molecule has 2 amide bonds. The molecule has 9 heteroatoms. The number of anilines is 1. The van der Waals surface area contributed by atoms with Gasteiger partial charge in [-0.3, -0.25) is 4.79 Å². The van der Waals surface area contributed by atoms with Crippen LogP contribution in [0.4, 0.5) is 10.5 Å². The van der Waals surface area contributed by atoms with Gasteiger partial charge < -0.3 is 20.3 Å². The smallest absolute Gasteiger partial charge is 0.408 e. The lowest BCUT2D eigenvalue weighted by Gasteiger charge is -2.27. The molecule has 1 aliphatic rings. The predicted molar refractivity (Wildman–Crippen MR) is 122 cm³/mol. The van der Waals surface area contributed by atoms with Crippen LogP contribution in [0, 0.1) is 22.7 Å². The summed E-state index contributed by atoms with van der Waals surface area (Å²) in [6.45, 7) is 6.38. The molecule has 1 aromatic carbocycles. The van der Waals surface area contributed by atoms with Crippen LogP contribution in [0.1, 0.15) is 58.4 Å². The van der Waals surface area contributed by atoms with Crippen LogP contribution in [0.15, 0.2) is 18.2 Å². The van der Waals surface area contributed by atoms with Gasteiger partial charge in [0, 0.05) is 18.1 Å². The van der Waals surface area contributed by atoms with Crippen LogP contribution in [0.5, 0.6) is 0 Å². The van der Waals surface area contributed by atoms with Crippen molar-refractivity contribution in [2.24, 2.45) is 0 Å². The highest BCUT2D eigenvalue weighted by molar-refractivity contribution is 6.30. The van der Waals surface area contributed by atoms with Crippen molar-refractivity contribution < 1.29 is 14.3 Å². The molecular weight excluding hydrogens is 430 g/mol. The Bertz CT molecular complexity index is 900. The number of hydrogen-bond donors (Lipinski definition) is 2. The fourth-order valence-corrected chi connectivity index (χ4v) is 3.70. The van der Waals surface area contributed by atoms with Crippen molar-refractivity contribution in [3.63, 3.8) is 0 Å². The van der Waals surface area contributed by atoms with E-state index in [1.54, 1.807) is 43.9 Å². The zero-order chi connectivity index (χ0) is 23.7. The van der Waals surface area contributed by atoms with Gasteiger partial charge in [-0.05, 0) is 71.1 Å². The molecule has 1 aliphatic heterocycles. The third-order valence-electron chi connectivity index (χ3n) is 5.01. The fourth-order valence-electron chi connectivity index (χ4n) is 3.53. The molecule has 0 aliphatic carbocycles. The van der Waals surface area contributed by atoms with Gasteiger partial charge in [0.1, 0.15) is 23.8 Å². The second-order valence-electron chi connectivity index (χ2n) is 8.74. The third kappa shape index (κ3) is 7.62. The molecule has 32 heavy (non-hydrogen) atoms. The average Bonchev–Trinajstić information content (AvgIpc) is 3.20. The molecule has 1 aromatic rings. The van der Waals surface area contributed by atoms with Crippen LogP contribution in [0.2, 0.25) is 5.02 Å². The number of carbonyl (C=O) groups excluding carboxylic acids is 2. The Balaban J connectivity index is 1.94. The standard InChI is InChI=1S/C23H30ClN5O3/c1-23(2,3)32-22(31)28-20(21(30)29-12-6-7-18(29)15-26)8-4-5-11-27-19-10-9-17(24)13-16(19)14-25/h9-10,13,18,20,27H,4-8,11-12H2,1-3H3,(H,28,31)/t18-,20-/m0/s1. The summed E-state index contributed by atoms with van der Waals surface area (Å²) in [5.41, 5.74) is 0.487. The number of alkyl carbamates (subject to hydrolysis) is 1. The first-order valence-corrected chi connectivity index (χ1v) is 11.2. The maximum absolute atomic E-state index is 13.1. The Hall–Kier alpha value is -2.97. The molecule has 172 valence electrons. The van der Waals surface area contributed by atoms with Crippen molar-refractivity contribution in [3.05, 3.63) is 28.8 Å². The summed E-state index contributed by atoms with van der Waals surface area (Å²) in [6, 6.07) is 8.13. The zero-order valence-electron chi connectivity index (χ0n) is 18.8. The van der Waals surface area contributed by atoms with Crippen molar-refractivity contribution in [1.82, 2.24) is 10.2 Å². The van der Waals surface area contributed by atoms with Crippen LogP contribution in [-0.4, -0.2) is 47.7 Å². The number of benzene rings is 1. The number of carbonyl (C=O) groups is 2. The van der Waals surface area contributed by atoms with Gasteiger partial charge in [-0.25, -0.2) is 4.79 Å². The fraction of sp³-hybridized carbons (Fsp3) is 0.565. The van der Waals surface area contributed by atoms with Crippen LogP contribution < -0.4 is 10.6 Å². The number of nitrogens with one attached hydrogen (secondary N) is 2. The molecule has 0 spiro atoms. The molecule has 2 atom stereocenters. The van der Waals surface area contributed by atoms with E-state index < -0.39 is 23.8 Å². The minimum atomic E-state index is -0.760. The lowest BCUT2D eigenvalue weighted by molar-refractivity contribution is -0.133. The summed E-state index contributed by atoms with van der Waals surface area (Å²) in [7, 11) is 0. The van der Waals surface area contributed by atoms with Gasteiger partial charge >= 0.3 is 6.09 Å². The van der Waals surface area contributed by atoms with Gasteiger partial charge in [-0.15, -0.1) is 0 Å². The molecular formula is C23H30ClN5O3. The van der Waals surface area contributed by atoms with E-state index in [9.17, 15) is 20.1 Å². The Morgan fingerprint density at radius 1 is 1.31 bits per heavy atom. The summed E-state index contributed by atoms with van der Waals surface area (Å²) >= 11 is 5.92. The first-order valence-electron chi connectivity index (χ1n) is 10.8. The van der Waals surface area contributed by atoms with Crippen LogP contribution in [0.3, 0.4) is 0 Å². The highest BCUT2D eigenvalue weighted by Gasteiger charge is 2.34. The molecule has 1 fully saturated rings. The lowest BCUT2D eigenvalue weighted by Crippen LogP contribution is -2.50. The number of hydrogen-bond acceptors (Lipinski definition) is 6. The second kappa shape index (κ2) is 11.6. The molecule has 1 heterocycles. The van der Waals surface area contributed by atoms with Crippen LogP contribution in [-0.2, 0) is 9.53 Å². The molecule has 0 bridgehead atoms. The molecule has 0 saturated carbocycles. The molecule has 2 N–H and O–H groups in total. The van der Waals surface area contributed by atoms with Crippen molar-refractivity contribution in [2.75, 3.05) is 18.4 Å². The van der Waals surface area contributed by atoms with Gasteiger partial charge in [-0.1, -0.05) is 11.6 Å². The van der Waals surface area contributed by atoms with Gasteiger partial charge in [0.25, 0.3) is 0 Å². The van der Waals surface area contributed by atoms with Gasteiger partial charge in [0.2, 0.25) is 5.91 Å². The van der Waals surface area contributed by atoms with Gasteiger partial charge in [-0.2, -0.15) is 10.5 Å². The lowest BCUT2D eigenvalue weighted by atomic mass is 10.1. The average molecular weight is 460 g/mol. The molecule has 8 nitrogen and oxygen atoms in total. The Morgan fingerprint density at radius 3 is 2.72 bits per heavy atom. The molecule has 1 saturated heterocycles. The zero-order valence-corrected chi connectivity index (χ0v) is 19.5.